The standard InChI is InChI=1S/C23H18ClNO3S/c1-15-8-10-16(11-9-15)20-21(29-14-18-6-4-12-28-18)23(27)25(22(20)26)13-17-5-2-3-7-19(17)24/h2-12H,13-14H2,1H3. The zero-order chi connectivity index (χ0) is 20.4. The van der Waals surface area contributed by atoms with Crippen molar-refractivity contribution in [3.8, 4) is 0 Å². The molecule has 0 aliphatic carbocycles. The minimum atomic E-state index is -0.305. The van der Waals surface area contributed by atoms with Crippen LogP contribution in [0.15, 0.2) is 76.2 Å². The number of benzene rings is 2. The quantitative estimate of drug-likeness (QED) is 0.494. The molecule has 4 nitrogen and oxygen atoms in total. The maximum absolute atomic E-state index is 13.3. The lowest BCUT2D eigenvalue weighted by Crippen LogP contribution is -2.31. The Labute approximate surface area is 178 Å². The van der Waals surface area contributed by atoms with Crippen molar-refractivity contribution in [2.75, 3.05) is 0 Å². The Balaban J connectivity index is 1.68. The number of hydrogen-bond donors (Lipinski definition) is 0. The van der Waals surface area contributed by atoms with Crippen molar-refractivity contribution in [3.05, 3.63) is 99.3 Å². The molecule has 0 atom stereocenters. The number of nitrogens with zero attached hydrogens (tertiary/aromatic N) is 1. The molecule has 0 spiro atoms. The lowest BCUT2D eigenvalue weighted by molar-refractivity contribution is -0.137. The number of carbonyl (C=O) groups excluding carboxylic acids is 2. The first-order valence-corrected chi connectivity index (χ1v) is 10.5. The Kier molecular flexibility index (Phi) is 5.60. The topological polar surface area (TPSA) is 50.5 Å². The van der Waals surface area contributed by atoms with Crippen LogP contribution >= 0.6 is 23.4 Å². The summed E-state index contributed by atoms with van der Waals surface area (Å²) in [5, 5.41) is 0.529. The number of furan rings is 1. The minimum Gasteiger partial charge on any atom is -0.468 e. The molecule has 4 rings (SSSR count). The fourth-order valence-corrected chi connectivity index (χ4v) is 4.37. The average molecular weight is 424 g/mol. The predicted octanol–water partition coefficient (Wildman–Crippen LogP) is 5.45. The summed E-state index contributed by atoms with van der Waals surface area (Å²) in [6.45, 7) is 2.12. The Bertz CT molecular complexity index is 1090. The van der Waals surface area contributed by atoms with E-state index in [1.165, 1.54) is 16.7 Å². The van der Waals surface area contributed by atoms with E-state index in [0.717, 1.165) is 22.5 Å². The zero-order valence-corrected chi connectivity index (χ0v) is 17.3. The summed E-state index contributed by atoms with van der Waals surface area (Å²) in [6, 6.07) is 18.5. The van der Waals surface area contributed by atoms with E-state index >= 15 is 0 Å². The first-order chi connectivity index (χ1) is 14.0. The minimum absolute atomic E-state index is 0.136. The number of carbonyl (C=O) groups is 2. The molecular formula is C23H18ClNO3S. The van der Waals surface area contributed by atoms with E-state index in [1.807, 2.05) is 55.5 Å². The van der Waals surface area contributed by atoms with Gasteiger partial charge in [0.2, 0.25) is 0 Å². The van der Waals surface area contributed by atoms with E-state index in [2.05, 4.69) is 0 Å². The van der Waals surface area contributed by atoms with Gasteiger partial charge in [0.25, 0.3) is 11.8 Å². The highest BCUT2D eigenvalue weighted by atomic mass is 35.5. The van der Waals surface area contributed by atoms with E-state index in [9.17, 15) is 9.59 Å². The summed E-state index contributed by atoms with van der Waals surface area (Å²) in [5.41, 5.74) is 2.98. The Morgan fingerprint density at radius 1 is 0.966 bits per heavy atom. The maximum Gasteiger partial charge on any atom is 0.268 e. The molecule has 29 heavy (non-hydrogen) atoms. The third-order valence-electron chi connectivity index (χ3n) is 4.69. The fraction of sp³-hybridized carbons (Fsp3) is 0.130. The first kappa shape index (κ1) is 19.6. The van der Waals surface area contributed by atoms with Crippen molar-refractivity contribution < 1.29 is 14.0 Å². The highest BCUT2D eigenvalue weighted by molar-refractivity contribution is 8.03. The van der Waals surface area contributed by atoms with Crippen LogP contribution in [-0.2, 0) is 21.9 Å². The fourth-order valence-electron chi connectivity index (χ4n) is 3.14. The second-order valence-corrected chi connectivity index (χ2v) is 8.12. The smallest absolute Gasteiger partial charge is 0.268 e. The molecule has 1 aromatic heterocycles. The van der Waals surface area contributed by atoms with Crippen LogP contribution in [0, 0.1) is 6.92 Å². The van der Waals surface area contributed by atoms with Crippen molar-refractivity contribution in [3.63, 3.8) is 0 Å². The van der Waals surface area contributed by atoms with Gasteiger partial charge in [0.15, 0.2) is 0 Å². The lowest BCUT2D eigenvalue weighted by Gasteiger charge is -2.16. The number of imide groups is 1. The summed E-state index contributed by atoms with van der Waals surface area (Å²) < 4.78 is 5.38. The third-order valence-corrected chi connectivity index (χ3v) is 6.16. The molecular weight excluding hydrogens is 406 g/mol. The van der Waals surface area contributed by atoms with Crippen molar-refractivity contribution in [1.29, 1.82) is 0 Å². The molecule has 0 saturated carbocycles. The van der Waals surface area contributed by atoms with Gasteiger partial charge >= 0.3 is 0 Å². The van der Waals surface area contributed by atoms with Gasteiger partial charge in [-0.1, -0.05) is 59.6 Å². The van der Waals surface area contributed by atoms with E-state index in [4.69, 9.17) is 16.0 Å². The molecule has 2 aromatic carbocycles. The van der Waals surface area contributed by atoms with Crippen LogP contribution in [-0.4, -0.2) is 16.7 Å². The van der Waals surface area contributed by atoms with Gasteiger partial charge in [-0.05, 0) is 36.2 Å². The number of rotatable bonds is 6. The number of halogens is 1. The summed E-state index contributed by atoms with van der Waals surface area (Å²) in [7, 11) is 0. The molecule has 3 aromatic rings. The molecule has 146 valence electrons. The monoisotopic (exact) mass is 423 g/mol. The van der Waals surface area contributed by atoms with Crippen LogP contribution in [0.2, 0.25) is 5.02 Å². The van der Waals surface area contributed by atoms with Gasteiger partial charge in [-0.15, -0.1) is 11.8 Å². The van der Waals surface area contributed by atoms with Crippen molar-refractivity contribution in [2.24, 2.45) is 0 Å². The van der Waals surface area contributed by atoms with Gasteiger partial charge in [-0.2, -0.15) is 0 Å². The summed E-state index contributed by atoms with van der Waals surface area (Å²) in [6.07, 6.45) is 1.59. The summed E-state index contributed by atoms with van der Waals surface area (Å²) in [5.74, 6) is 0.606. The normalized spacial score (nSPS) is 14.2. The van der Waals surface area contributed by atoms with Crippen molar-refractivity contribution in [1.82, 2.24) is 4.90 Å². The van der Waals surface area contributed by atoms with Crippen molar-refractivity contribution >= 4 is 40.8 Å². The average Bonchev–Trinajstić information content (AvgIpc) is 3.31. The Morgan fingerprint density at radius 3 is 2.41 bits per heavy atom. The first-order valence-electron chi connectivity index (χ1n) is 9.10. The molecule has 0 radical (unpaired) electrons. The van der Waals surface area contributed by atoms with Crippen LogP contribution in [0.3, 0.4) is 0 Å². The van der Waals surface area contributed by atoms with Crippen LogP contribution < -0.4 is 0 Å². The maximum atomic E-state index is 13.3. The molecule has 0 bridgehead atoms. The number of thioether (sulfide) groups is 1. The van der Waals surface area contributed by atoms with Crippen LogP contribution in [0.25, 0.3) is 5.57 Å². The number of hydrogen-bond acceptors (Lipinski definition) is 4. The van der Waals surface area contributed by atoms with Gasteiger partial charge < -0.3 is 4.42 Å². The molecule has 0 unspecified atom stereocenters. The van der Waals surface area contributed by atoms with E-state index in [1.54, 1.807) is 18.4 Å². The lowest BCUT2D eigenvalue weighted by atomic mass is 10.0. The van der Waals surface area contributed by atoms with E-state index in [0.29, 0.717) is 21.3 Å². The summed E-state index contributed by atoms with van der Waals surface area (Å²) >= 11 is 7.57. The molecule has 1 aliphatic rings. The van der Waals surface area contributed by atoms with Gasteiger partial charge in [-0.25, -0.2) is 0 Å². The van der Waals surface area contributed by atoms with E-state index in [-0.39, 0.29) is 18.4 Å². The highest BCUT2D eigenvalue weighted by Crippen LogP contribution is 2.38. The second kappa shape index (κ2) is 8.31. The number of amides is 2. The summed E-state index contributed by atoms with van der Waals surface area (Å²) in [4.78, 5) is 28.1. The number of aryl methyl sites for hydroxylation is 1. The largest absolute Gasteiger partial charge is 0.468 e. The molecule has 0 N–H and O–H groups in total. The zero-order valence-electron chi connectivity index (χ0n) is 15.7. The molecule has 2 heterocycles. The van der Waals surface area contributed by atoms with Gasteiger partial charge in [0.05, 0.1) is 29.0 Å². The SMILES string of the molecule is Cc1ccc(C2=C(SCc3ccco3)C(=O)N(Cc3ccccc3Cl)C2=O)cc1. The predicted molar refractivity (Wildman–Crippen MR) is 115 cm³/mol. The Morgan fingerprint density at radius 2 is 1.72 bits per heavy atom. The Hall–Kier alpha value is -2.76. The van der Waals surface area contributed by atoms with Gasteiger partial charge in [0.1, 0.15) is 5.76 Å². The van der Waals surface area contributed by atoms with Crippen molar-refractivity contribution in [2.45, 2.75) is 19.2 Å². The second-order valence-electron chi connectivity index (χ2n) is 6.73. The highest BCUT2D eigenvalue weighted by Gasteiger charge is 2.39. The molecule has 6 heteroatoms. The van der Waals surface area contributed by atoms with E-state index < -0.39 is 0 Å². The van der Waals surface area contributed by atoms with Crippen LogP contribution in [0.1, 0.15) is 22.5 Å². The van der Waals surface area contributed by atoms with Crippen LogP contribution in [0.5, 0.6) is 0 Å². The van der Waals surface area contributed by atoms with Gasteiger partial charge in [-0.3, -0.25) is 14.5 Å². The molecule has 0 fully saturated rings. The third kappa shape index (κ3) is 4.02. The molecule has 1 aliphatic heterocycles. The van der Waals surface area contributed by atoms with Gasteiger partial charge in [0, 0.05) is 5.02 Å². The van der Waals surface area contributed by atoms with Crippen LogP contribution in [0.4, 0.5) is 0 Å². The molecule has 2 amide bonds. The molecule has 0 saturated heterocycles.